The van der Waals surface area contributed by atoms with E-state index < -0.39 is 0 Å². The third kappa shape index (κ3) is 3.16. The van der Waals surface area contributed by atoms with Gasteiger partial charge in [0.25, 0.3) is 0 Å². The van der Waals surface area contributed by atoms with Gasteiger partial charge in [0, 0.05) is 0 Å². The van der Waals surface area contributed by atoms with Crippen molar-refractivity contribution in [2.45, 2.75) is 39.2 Å². The summed E-state index contributed by atoms with van der Waals surface area (Å²) in [5.41, 5.74) is 6.70. The number of nitrogens with zero attached hydrogens (tertiary/aromatic N) is 4. The molecule has 1 aliphatic heterocycles. The first kappa shape index (κ1) is 13.9. The zero-order chi connectivity index (χ0) is 13.9. The third-order valence-electron chi connectivity index (χ3n) is 3.53. The molecule has 5 nitrogen and oxygen atoms in total. The van der Waals surface area contributed by atoms with Gasteiger partial charge >= 0.3 is 0 Å². The van der Waals surface area contributed by atoms with Crippen LogP contribution < -0.4 is 5.73 Å². The maximum atomic E-state index is 5.66. The fourth-order valence-electron chi connectivity index (χ4n) is 2.53. The Morgan fingerprint density at radius 2 is 1.85 bits per heavy atom. The number of hydrogen-bond acceptors (Lipinski definition) is 7. The topological polar surface area (TPSA) is 67.9 Å². The molecule has 1 saturated heterocycles. The fourth-order valence-corrected chi connectivity index (χ4v) is 4.37. The lowest BCUT2D eigenvalue weighted by molar-refractivity contribution is 0.276. The number of hydrogen-bond donors (Lipinski definition) is 1. The molecule has 20 heavy (non-hydrogen) atoms. The lowest BCUT2D eigenvalue weighted by atomic mass is 10.2. The fraction of sp³-hybridized carbons (Fsp3) is 0.615. The molecule has 3 rings (SSSR count). The number of aryl methyl sites for hydroxylation is 1. The van der Waals surface area contributed by atoms with Crippen molar-refractivity contribution in [1.82, 2.24) is 20.1 Å². The zero-order valence-electron chi connectivity index (χ0n) is 11.6. The summed E-state index contributed by atoms with van der Waals surface area (Å²) in [6.07, 6.45) is 5.35. The van der Waals surface area contributed by atoms with Gasteiger partial charge in [-0.25, -0.2) is 4.98 Å². The quantitative estimate of drug-likeness (QED) is 0.944. The van der Waals surface area contributed by atoms with Crippen LogP contribution in [-0.2, 0) is 6.54 Å². The molecule has 0 atom stereocenters. The number of nitrogen functional groups attached to an aromatic ring is 1. The van der Waals surface area contributed by atoms with Crippen LogP contribution in [0.2, 0.25) is 0 Å². The summed E-state index contributed by atoms with van der Waals surface area (Å²) in [5, 5.41) is 10.6. The maximum Gasteiger partial charge on any atom is 0.203 e. The normalized spacial score (nSPS) is 17.2. The first-order chi connectivity index (χ1) is 9.72. The van der Waals surface area contributed by atoms with Gasteiger partial charge in [0.1, 0.15) is 5.01 Å². The van der Waals surface area contributed by atoms with Crippen molar-refractivity contribution in [3.63, 3.8) is 0 Å². The van der Waals surface area contributed by atoms with Crippen molar-refractivity contribution < 1.29 is 0 Å². The van der Waals surface area contributed by atoms with E-state index in [2.05, 4.69) is 15.1 Å². The lowest BCUT2D eigenvalue weighted by Crippen LogP contribution is -2.23. The number of rotatable bonds is 3. The van der Waals surface area contributed by atoms with E-state index in [1.54, 1.807) is 11.3 Å². The summed E-state index contributed by atoms with van der Waals surface area (Å²) in [6.45, 7) is 5.38. The van der Waals surface area contributed by atoms with Crippen molar-refractivity contribution in [2.75, 3.05) is 18.8 Å². The molecular weight excluding hydrogens is 290 g/mol. The van der Waals surface area contributed by atoms with E-state index in [0.717, 1.165) is 22.1 Å². The second kappa shape index (κ2) is 6.15. The third-order valence-corrected chi connectivity index (χ3v) is 5.58. The number of aromatic nitrogens is 3. The van der Waals surface area contributed by atoms with Crippen LogP contribution in [0.15, 0.2) is 0 Å². The van der Waals surface area contributed by atoms with E-state index in [-0.39, 0.29) is 0 Å². The Labute approximate surface area is 126 Å². The van der Waals surface area contributed by atoms with Crippen molar-refractivity contribution >= 4 is 27.8 Å². The zero-order valence-corrected chi connectivity index (χ0v) is 13.3. The summed E-state index contributed by atoms with van der Waals surface area (Å²) in [5.74, 6) is 0. The Bertz CT molecular complexity index is 569. The van der Waals surface area contributed by atoms with Crippen molar-refractivity contribution in [3.05, 3.63) is 10.7 Å². The van der Waals surface area contributed by atoms with E-state index >= 15 is 0 Å². The van der Waals surface area contributed by atoms with Crippen LogP contribution >= 0.6 is 22.7 Å². The summed E-state index contributed by atoms with van der Waals surface area (Å²) in [4.78, 5) is 8.33. The highest BCUT2D eigenvalue weighted by Gasteiger charge is 2.16. The van der Waals surface area contributed by atoms with Crippen molar-refractivity contribution in [3.8, 4) is 9.88 Å². The van der Waals surface area contributed by atoms with E-state index in [9.17, 15) is 0 Å². The SMILES string of the molecule is Cc1nc(CN2CCCCCC2)sc1-c1nnc(N)s1. The molecule has 1 aliphatic rings. The first-order valence-corrected chi connectivity index (χ1v) is 8.63. The Hall–Kier alpha value is -1.05. The predicted molar refractivity (Wildman–Crippen MR) is 83.9 cm³/mol. The molecule has 1 fully saturated rings. The Kier molecular flexibility index (Phi) is 4.28. The monoisotopic (exact) mass is 309 g/mol. The molecule has 2 aromatic heterocycles. The highest BCUT2D eigenvalue weighted by atomic mass is 32.1. The van der Waals surface area contributed by atoms with Gasteiger partial charge in [0.05, 0.1) is 17.1 Å². The molecule has 0 bridgehead atoms. The van der Waals surface area contributed by atoms with Crippen LogP contribution in [0, 0.1) is 6.92 Å². The molecule has 2 N–H and O–H groups in total. The second-order valence-electron chi connectivity index (χ2n) is 5.16. The van der Waals surface area contributed by atoms with Gasteiger partial charge in [-0.05, 0) is 32.9 Å². The highest BCUT2D eigenvalue weighted by Crippen LogP contribution is 2.33. The maximum absolute atomic E-state index is 5.66. The van der Waals surface area contributed by atoms with Gasteiger partial charge in [0.2, 0.25) is 5.13 Å². The van der Waals surface area contributed by atoms with E-state index in [0.29, 0.717) is 5.13 Å². The number of likely N-dealkylation sites (tertiary alicyclic amines) is 1. The number of anilines is 1. The molecule has 0 spiro atoms. The van der Waals surface area contributed by atoms with Gasteiger partial charge in [-0.15, -0.1) is 21.5 Å². The predicted octanol–water partition coefficient (Wildman–Crippen LogP) is 2.93. The standard InChI is InChI=1S/C13H19N5S2/c1-9-11(12-16-17-13(14)20-12)19-10(15-9)8-18-6-4-2-3-5-7-18/h2-8H2,1H3,(H2,14,17). The Balaban J connectivity index is 1.74. The molecule has 0 amide bonds. The van der Waals surface area contributed by atoms with E-state index in [1.165, 1.54) is 55.1 Å². The molecule has 0 aliphatic carbocycles. The van der Waals surface area contributed by atoms with Crippen molar-refractivity contribution in [2.24, 2.45) is 0 Å². The average molecular weight is 309 g/mol. The van der Waals surface area contributed by atoms with Crippen molar-refractivity contribution in [1.29, 1.82) is 0 Å². The lowest BCUT2D eigenvalue weighted by Gasteiger charge is -2.17. The van der Waals surface area contributed by atoms with Gasteiger partial charge in [0.15, 0.2) is 5.01 Å². The summed E-state index contributed by atoms with van der Waals surface area (Å²) < 4.78 is 0. The Morgan fingerprint density at radius 3 is 2.50 bits per heavy atom. The van der Waals surface area contributed by atoms with Crippen LogP contribution in [0.5, 0.6) is 0 Å². The smallest absolute Gasteiger partial charge is 0.203 e. The first-order valence-electron chi connectivity index (χ1n) is 7.00. The summed E-state index contributed by atoms with van der Waals surface area (Å²) >= 11 is 3.16. The van der Waals surface area contributed by atoms with Crippen LogP contribution in [0.3, 0.4) is 0 Å². The number of thiazole rings is 1. The average Bonchev–Trinajstić information content (AvgIpc) is 2.89. The van der Waals surface area contributed by atoms with Crippen LogP contribution in [0.1, 0.15) is 36.4 Å². The Morgan fingerprint density at radius 1 is 1.10 bits per heavy atom. The van der Waals surface area contributed by atoms with Gasteiger partial charge in [-0.3, -0.25) is 4.90 Å². The molecule has 0 radical (unpaired) electrons. The van der Waals surface area contributed by atoms with Crippen LogP contribution in [0.4, 0.5) is 5.13 Å². The van der Waals surface area contributed by atoms with Crippen LogP contribution in [-0.4, -0.2) is 33.2 Å². The molecule has 7 heteroatoms. The minimum absolute atomic E-state index is 0.516. The van der Waals surface area contributed by atoms with Gasteiger partial charge in [-0.1, -0.05) is 24.2 Å². The van der Waals surface area contributed by atoms with E-state index in [1.807, 2.05) is 6.92 Å². The molecular formula is C13H19N5S2. The largest absolute Gasteiger partial charge is 0.374 e. The van der Waals surface area contributed by atoms with Gasteiger partial charge < -0.3 is 5.73 Å². The van der Waals surface area contributed by atoms with Gasteiger partial charge in [-0.2, -0.15) is 0 Å². The molecule has 0 unspecified atom stereocenters. The summed E-state index contributed by atoms with van der Waals surface area (Å²) in [6, 6.07) is 0. The van der Waals surface area contributed by atoms with Crippen LogP contribution in [0.25, 0.3) is 9.88 Å². The molecule has 3 heterocycles. The second-order valence-corrected chi connectivity index (χ2v) is 7.25. The molecule has 0 aromatic carbocycles. The van der Waals surface area contributed by atoms with E-state index in [4.69, 9.17) is 10.7 Å². The highest BCUT2D eigenvalue weighted by molar-refractivity contribution is 7.23. The molecule has 2 aromatic rings. The summed E-state index contributed by atoms with van der Waals surface area (Å²) in [7, 11) is 0. The molecule has 0 saturated carbocycles. The minimum atomic E-state index is 0.516. The molecule has 108 valence electrons. The number of nitrogens with two attached hydrogens (primary N) is 1. The minimum Gasteiger partial charge on any atom is -0.374 e.